The van der Waals surface area contributed by atoms with Gasteiger partial charge in [-0.05, 0) is 37.5 Å². The van der Waals surface area contributed by atoms with Gasteiger partial charge in [0, 0.05) is 0 Å². The van der Waals surface area contributed by atoms with Gasteiger partial charge < -0.3 is 0 Å². The lowest BCUT2D eigenvalue weighted by atomic mass is 9.63. The average molecular weight is 106 g/mol. The molecule has 0 aromatic rings. The summed E-state index contributed by atoms with van der Waals surface area (Å²) in [5, 5.41) is 0. The summed E-state index contributed by atoms with van der Waals surface area (Å²) in [6.45, 7) is 0. The number of fused-ring (bicyclic) bond motifs is 1. The normalized spacial score (nSPS) is 36.0. The fraction of sp³-hybridized carbons (Fsp3) is 0.750. The SMILES string of the molecule is C1CC2=C1CC21CC1. The second kappa shape index (κ2) is 0.792. The lowest BCUT2D eigenvalue weighted by molar-refractivity contribution is 0.415. The maximum Gasteiger partial charge on any atom is -0.00474 e. The van der Waals surface area contributed by atoms with Crippen LogP contribution in [0.1, 0.15) is 32.1 Å². The highest BCUT2D eigenvalue weighted by Gasteiger charge is 2.56. The Labute approximate surface area is 49.6 Å². The summed E-state index contributed by atoms with van der Waals surface area (Å²) in [4.78, 5) is 0. The molecule has 3 aliphatic carbocycles. The van der Waals surface area contributed by atoms with Gasteiger partial charge in [0.15, 0.2) is 0 Å². The van der Waals surface area contributed by atoms with Gasteiger partial charge in [-0.1, -0.05) is 11.1 Å². The van der Waals surface area contributed by atoms with Crippen LogP contribution < -0.4 is 0 Å². The highest BCUT2D eigenvalue weighted by Crippen LogP contribution is 2.69. The Morgan fingerprint density at radius 1 is 1.12 bits per heavy atom. The predicted molar refractivity (Wildman–Crippen MR) is 32.5 cm³/mol. The Morgan fingerprint density at radius 2 is 2.00 bits per heavy atom. The van der Waals surface area contributed by atoms with Crippen molar-refractivity contribution < 1.29 is 0 Å². The molecule has 8 heavy (non-hydrogen) atoms. The Balaban J connectivity index is 2.12. The first-order valence-electron chi connectivity index (χ1n) is 3.62. The van der Waals surface area contributed by atoms with Crippen molar-refractivity contribution >= 4 is 0 Å². The van der Waals surface area contributed by atoms with Crippen LogP contribution in [0.4, 0.5) is 0 Å². The van der Waals surface area contributed by atoms with Crippen molar-refractivity contribution in [3.8, 4) is 0 Å². The molecule has 0 aliphatic heterocycles. The molecule has 3 rings (SSSR count). The van der Waals surface area contributed by atoms with Gasteiger partial charge in [-0.25, -0.2) is 0 Å². The minimum absolute atomic E-state index is 0.869. The summed E-state index contributed by atoms with van der Waals surface area (Å²) in [5.74, 6) is 0. The van der Waals surface area contributed by atoms with Crippen molar-refractivity contribution in [3.05, 3.63) is 11.1 Å². The molecule has 0 bridgehead atoms. The molecule has 1 fully saturated rings. The molecule has 0 nitrogen and oxygen atoms in total. The van der Waals surface area contributed by atoms with Gasteiger partial charge in [-0.15, -0.1) is 0 Å². The number of hydrogen-bond acceptors (Lipinski definition) is 0. The van der Waals surface area contributed by atoms with Gasteiger partial charge in [0.25, 0.3) is 0 Å². The van der Waals surface area contributed by atoms with E-state index in [4.69, 9.17) is 0 Å². The van der Waals surface area contributed by atoms with E-state index in [2.05, 4.69) is 0 Å². The molecule has 0 radical (unpaired) electrons. The lowest BCUT2D eigenvalue weighted by Gasteiger charge is -2.42. The Kier molecular flexibility index (Phi) is 0.367. The fourth-order valence-corrected chi connectivity index (χ4v) is 2.30. The average Bonchev–Trinajstić information content (AvgIpc) is 2.41. The first-order valence-corrected chi connectivity index (χ1v) is 3.62. The highest BCUT2D eigenvalue weighted by atomic mass is 14.6. The van der Waals surface area contributed by atoms with Crippen molar-refractivity contribution in [2.45, 2.75) is 32.1 Å². The van der Waals surface area contributed by atoms with E-state index < -0.39 is 0 Å². The van der Waals surface area contributed by atoms with E-state index in [1.54, 1.807) is 0 Å². The van der Waals surface area contributed by atoms with Gasteiger partial charge >= 0.3 is 0 Å². The van der Waals surface area contributed by atoms with Crippen LogP contribution in [0.15, 0.2) is 11.1 Å². The fourth-order valence-electron chi connectivity index (χ4n) is 2.30. The van der Waals surface area contributed by atoms with E-state index in [-0.39, 0.29) is 0 Å². The third kappa shape index (κ3) is 0.211. The first kappa shape index (κ1) is 3.71. The van der Waals surface area contributed by atoms with E-state index in [0.29, 0.717) is 0 Å². The molecule has 0 heteroatoms. The molecule has 3 aliphatic rings. The summed E-state index contributed by atoms with van der Waals surface area (Å²) in [5.41, 5.74) is 4.59. The van der Waals surface area contributed by atoms with Crippen molar-refractivity contribution in [1.82, 2.24) is 0 Å². The molecule has 0 aromatic heterocycles. The van der Waals surface area contributed by atoms with Gasteiger partial charge in [-0.3, -0.25) is 0 Å². The molecular formula is C8H10. The van der Waals surface area contributed by atoms with Gasteiger partial charge in [0.1, 0.15) is 0 Å². The van der Waals surface area contributed by atoms with Crippen LogP contribution in [0.3, 0.4) is 0 Å². The van der Waals surface area contributed by atoms with Crippen LogP contribution in [0, 0.1) is 5.41 Å². The van der Waals surface area contributed by atoms with Gasteiger partial charge in [0.05, 0.1) is 0 Å². The van der Waals surface area contributed by atoms with Crippen molar-refractivity contribution in [3.63, 3.8) is 0 Å². The molecule has 42 valence electrons. The molecule has 0 atom stereocenters. The highest BCUT2D eigenvalue weighted by molar-refractivity contribution is 5.45. The smallest absolute Gasteiger partial charge is 0.00474 e. The topological polar surface area (TPSA) is 0 Å². The summed E-state index contributed by atoms with van der Waals surface area (Å²) in [6, 6.07) is 0. The van der Waals surface area contributed by atoms with Crippen LogP contribution in [-0.4, -0.2) is 0 Å². The minimum Gasteiger partial charge on any atom is -0.0692 e. The lowest BCUT2D eigenvalue weighted by Crippen LogP contribution is -2.26. The third-order valence-electron chi connectivity index (χ3n) is 3.15. The Hall–Kier alpha value is -0.260. The molecule has 0 aromatic carbocycles. The van der Waals surface area contributed by atoms with Gasteiger partial charge in [-0.2, -0.15) is 0 Å². The number of hydrogen-bond donors (Lipinski definition) is 0. The molecule has 1 spiro atoms. The van der Waals surface area contributed by atoms with E-state index in [1.807, 2.05) is 11.1 Å². The van der Waals surface area contributed by atoms with Crippen LogP contribution in [-0.2, 0) is 0 Å². The van der Waals surface area contributed by atoms with Crippen LogP contribution in [0.25, 0.3) is 0 Å². The van der Waals surface area contributed by atoms with Crippen molar-refractivity contribution in [1.29, 1.82) is 0 Å². The molecule has 0 saturated heterocycles. The van der Waals surface area contributed by atoms with E-state index in [0.717, 1.165) is 5.41 Å². The van der Waals surface area contributed by atoms with Crippen molar-refractivity contribution in [2.75, 3.05) is 0 Å². The van der Waals surface area contributed by atoms with Crippen LogP contribution >= 0.6 is 0 Å². The third-order valence-corrected chi connectivity index (χ3v) is 3.15. The summed E-state index contributed by atoms with van der Waals surface area (Å²) in [6.07, 6.45) is 7.49. The molecule has 0 unspecified atom stereocenters. The summed E-state index contributed by atoms with van der Waals surface area (Å²) >= 11 is 0. The first-order chi connectivity index (χ1) is 3.91. The second-order valence-corrected chi connectivity index (χ2v) is 3.54. The number of rotatable bonds is 0. The molecule has 0 amide bonds. The van der Waals surface area contributed by atoms with E-state index in [9.17, 15) is 0 Å². The van der Waals surface area contributed by atoms with Gasteiger partial charge in [0.2, 0.25) is 0 Å². The van der Waals surface area contributed by atoms with Crippen molar-refractivity contribution in [2.24, 2.45) is 5.41 Å². The van der Waals surface area contributed by atoms with Crippen LogP contribution in [0.2, 0.25) is 0 Å². The van der Waals surface area contributed by atoms with Crippen LogP contribution in [0.5, 0.6) is 0 Å². The number of allylic oxidation sites excluding steroid dienone is 2. The minimum atomic E-state index is 0.869. The molecular weight excluding hydrogens is 96.1 g/mol. The molecule has 0 heterocycles. The quantitative estimate of drug-likeness (QED) is 0.415. The molecule has 0 N–H and O–H groups in total. The standard InChI is InChI=1S/C8H10/c1-2-7-6(1)5-8(7)3-4-8/h1-5H2. The van der Waals surface area contributed by atoms with E-state index >= 15 is 0 Å². The maximum absolute atomic E-state index is 1.89. The maximum atomic E-state index is 1.89. The summed E-state index contributed by atoms with van der Waals surface area (Å²) < 4.78 is 0. The summed E-state index contributed by atoms with van der Waals surface area (Å²) in [7, 11) is 0. The predicted octanol–water partition coefficient (Wildman–Crippen LogP) is 2.26. The zero-order valence-electron chi connectivity index (χ0n) is 5.04. The van der Waals surface area contributed by atoms with E-state index in [1.165, 1.54) is 32.1 Å². The Bertz CT molecular complexity index is 182. The zero-order valence-corrected chi connectivity index (χ0v) is 5.04. The molecule has 1 saturated carbocycles. The second-order valence-electron chi connectivity index (χ2n) is 3.54. The monoisotopic (exact) mass is 106 g/mol. The largest absolute Gasteiger partial charge is 0.0692 e. The Morgan fingerprint density at radius 3 is 2.12 bits per heavy atom. The zero-order chi connectivity index (χ0) is 5.19.